The number of benzene rings is 2. The number of hydrogen-bond donors (Lipinski definition) is 1. The maximum absolute atomic E-state index is 12.6. The van der Waals surface area contributed by atoms with Gasteiger partial charge in [0.2, 0.25) is 0 Å². The molecule has 4 nitrogen and oxygen atoms in total. The highest BCUT2D eigenvalue weighted by molar-refractivity contribution is 6.10. The molecule has 1 aliphatic carbocycles. The summed E-state index contributed by atoms with van der Waals surface area (Å²) in [6.07, 6.45) is 2.31. The van der Waals surface area contributed by atoms with Crippen LogP contribution < -0.4 is 10.1 Å². The Hall–Kier alpha value is -2.88. The molecule has 4 heteroatoms. The van der Waals surface area contributed by atoms with E-state index in [4.69, 9.17) is 9.72 Å². The minimum absolute atomic E-state index is 0.175. The minimum atomic E-state index is 0.175. The lowest BCUT2D eigenvalue weighted by molar-refractivity contribution is 0.0972. The molecule has 1 heterocycles. The maximum Gasteiger partial charge on any atom is 0.166 e. The molecular weight excluding hydrogens is 312 g/mol. The fraction of sp³-hybridized carbons (Fsp3) is 0.238. The number of nitrogens with one attached hydrogen (secondary N) is 1. The molecule has 0 amide bonds. The van der Waals surface area contributed by atoms with Crippen LogP contribution in [0.5, 0.6) is 5.75 Å². The fourth-order valence-corrected chi connectivity index (χ4v) is 3.41. The topological polar surface area (TPSA) is 51.2 Å². The third kappa shape index (κ3) is 2.95. The van der Waals surface area contributed by atoms with Gasteiger partial charge in [-0.2, -0.15) is 0 Å². The molecule has 0 saturated carbocycles. The van der Waals surface area contributed by atoms with Gasteiger partial charge in [0.15, 0.2) is 5.78 Å². The first-order valence-electron chi connectivity index (χ1n) is 8.58. The number of aromatic nitrogens is 1. The highest BCUT2D eigenvalue weighted by Gasteiger charge is 2.24. The summed E-state index contributed by atoms with van der Waals surface area (Å²) in [6.45, 7) is 0.664. The highest BCUT2D eigenvalue weighted by Crippen LogP contribution is 2.35. The first kappa shape index (κ1) is 15.6. The monoisotopic (exact) mass is 332 g/mol. The Morgan fingerprint density at radius 2 is 1.96 bits per heavy atom. The van der Waals surface area contributed by atoms with Crippen LogP contribution in [0.15, 0.2) is 48.5 Å². The number of fused-ring (bicyclic) bond motifs is 2. The standard InChI is InChI=1S/C21H20N2O2/c1-25-15-10-11-17-16(12-15)21(22-13-14-6-3-2-4-7-14)20-18(23-17)8-5-9-19(20)24/h2-4,6-7,10-12H,5,8-9,13H2,1H3,(H,22,23). The van der Waals surface area contributed by atoms with E-state index in [0.717, 1.165) is 46.4 Å². The molecule has 1 aliphatic rings. The molecule has 0 saturated heterocycles. The molecular formula is C21H20N2O2. The van der Waals surface area contributed by atoms with Crippen LogP contribution in [0, 0.1) is 0 Å². The van der Waals surface area contributed by atoms with E-state index < -0.39 is 0 Å². The largest absolute Gasteiger partial charge is 0.497 e. The lowest BCUT2D eigenvalue weighted by Gasteiger charge is -2.21. The number of aryl methyl sites for hydroxylation is 1. The number of rotatable bonds is 4. The number of carbonyl (C=O) groups excluding carboxylic acids is 1. The van der Waals surface area contributed by atoms with Gasteiger partial charge in [0.1, 0.15) is 5.75 Å². The van der Waals surface area contributed by atoms with Gasteiger partial charge in [0.05, 0.1) is 29.6 Å². The van der Waals surface area contributed by atoms with Crippen LogP contribution in [0.2, 0.25) is 0 Å². The zero-order valence-corrected chi connectivity index (χ0v) is 14.2. The van der Waals surface area contributed by atoms with Gasteiger partial charge in [-0.3, -0.25) is 9.78 Å². The number of Topliss-reactive ketones (excluding diaryl/α,β-unsaturated/α-hetero) is 1. The maximum atomic E-state index is 12.6. The number of nitrogens with zero attached hydrogens (tertiary/aromatic N) is 1. The van der Waals surface area contributed by atoms with Gasteiger partial charge in [-0.15, -0.1) is 0 Å². The fourth-order valence-electron chi connectivity index (χ4n) is 3.41. The average Bonchev–Trinajstić information content (AvgIpc) is 2.66. The van der Waals surface area contributed by atoms with Crippen molar-refractivity contribution >= 4 is 22.4 Å². The van der Waals surface area contributed by atoms with Gasteiger partial charge in [-0.05, 0) is 36.6 Å². The number of ketones is 1. The Morgan fingerprint density at radius 1 is 1.12 bits per heavy atom. The van der Waals surface area contributed by atoms with Crippen LogP contribution >= 0.6 is 0 Å². The first-order valence-corrected chi connectivity index (χ1v) is 8.58. The number of hydrogen-bond acceptors (Lipinski definition) is 4. The summed E-state index contributed by atoms with van der Waals surface area (Å²) in [7, 11) is 1.65. The van der Waals surface area contributed by atoms with Crippen LogP contribution in [0.25, 0.3) is 10.9 Å². The third-order valence-corrected chi connectivity index (χ3v) is 4.68. The van der Waals surface area contributed by atoms with E-state index in [1.54, 1.807) is 7.11 Å². The molecule has 0 fully saturated rings. The van der Waals surface area contributed by atoms with Crippen molar-refractivity contribution in [3.63, 3.8) is 0 Å². The van der Waals surface area contributed by atoms with E-state index in [1.807, 2.05) is 36.4 Å². The molecule has 3 aromatic rings. The van der Waals surface area contributed by atoms with Crippen molar-refractivity contribution in [1.82, 2.24) is 4.98 Å². The molecule has 0 spiro atoms. The van der Waals surface area contributed by atoms with Gasteiger partial charge in [-0.25, -0.2) is 0 Å². The zero-order valence-electron chi connectivity index (χ0n) is 14.2. The van der Waals surface area contributed by atoms with E-state index in [0.29, 0.717) is 13.0 Å². The second kappa shape index (κ2) is 6.55. The molecule has 2 aromatic carbocycles. The van der Waals surface area contributed by atoms with Crippen molar-refractivity contribution in [3.05, 3.63) is 65.4 Å². The number of carbonyl (C=O) groups is 1. The second-order valence-corrected chi connectivity index (χ2v) is 6.31. The summed E-state index contributed by atoms with van der Waals surface area (Å²) >= 11 is 0. The van der Waals surface area contributed by atoms with Gasteiger partial charge in [0, 0.05) is 18.4 Å². The summed E-state index contributed by atoms with van der Waals surface area (Å²) in [5, 5.41) is 4.43. The Kier molecular flexibility index (Phi) is 4.10. The number of methoxy groups -OCH3 is 1. The normalized spacial score (nSPS) is 13.6. The SMILES string of the molecule is COc1ccc2nc3c(c(NCc4ccccc4)c2c1)C(=O)CCC3. The van der Waals surface area contributed by atoms with Gasteiger partial charge < -0.3 is 10.1 Å². The van der Waals surface area contributed by atoms with Crippen LogP contribution in [-0.2, 0) is 13.0 Å². The van der Waals surface area contributed by atoms with E-state index in [9.17, 15) is 4.79 Å². The quantitative estimate of drug-likeness (QED) is 0.770. The van der Waals surface area contributed by atoms with Crippen LogP contribution in [0.4, 0.5) is 5.69 Å². The van der Waals surface area contributed by atoms with Gasteiger partial charge in [-0.1, -0.05) is 30.3 Å². The van der Waals surface area contributed by atoms with Crippen molar-refractivity contribution in [2.24, 2.45) is 0 Å². The molecule has 1 N–H and O–H groups in total. The van der Waals surface area contributed by atoms with Crippen LogP contribution in [0.3, 0.4) is 0 Å². The van der Waals surface area contributed by atoms with E-state index in [2.05, 4.69) is 17.4 Å². The van der Waals surface area contributed by atoms with Crippen LogP contribution in [0.1, 0.15) is 34.5 Å². The summed E-state index contributed by atoms with van der Waals surface area (Å²) in [5.41, 5.74) is 4.61. The van der Waals surface area contributed by atoms with E-state index in [1.165, 1.54) is 5.56 Å². The summed E-state index contributed by atoms with van der Waals surface area (Å²) in [6, 6.07) is 16.0. The van der Waals surface area contributed by atoms with Crippen molar-refractivity contribution in [1.29, 1.82) is 0 Å². The zero-order chi connectivity index (χ0) is 17.2. The molecule has 1 aromatic heterocycles. The van der Waals surface area contributed by atoms with Gasteiger partial charge in [0.25, 0.3) is 0 Å². The Morgan fingerprint density at radius 3 is 2.76 bits per heavy atom. The molecule has 0 aliphatic heterocycles. The van der Waals surface area contributed by atoms with E-state index >= 15 is 0 Å². The predicted octanol–water partition coefficient (Wildman–Crippen LogP) is 4.37. The van der Waals surface area contributed by atoms with Gasteiger partial charge >= 0.3 is 0 Å². The highest BCUT2D eigenvalue weighted by atomic mass is 16.5. The number of ether oxygens (including phenoxy) is 1. The first-order chi connectivity index (χ1) is 12.3. The molecule has 0 atom stereocenters. The lowest BCUT2D eigenvalue weighted by Crippen LogP contribution is -2.16. The molecule has 0 radical (unpaired) electrons. The summed E-state index contributed by atoms with van der Waals surface area (Å²) in [5.74, 6) is 0.939. The second-order valence-electron chi connectivity index (χ2n) is 6.31. The minimum Gasteiger partial charge on any atom is -0.497 e. The number of pyridine rings is 1. The predicted molar refractivity (Wildman–Crippen MR) is 99.3 cm³/mol. The van der Waals surface area contributed by atoms with Crippen molar-refractivity contribution < 1.29 is 9.53 Å². The molecule has 25 heavy (non-hydrogen) atoms. The average molecular weight is 332 g/mol. The number of anilines is 1. The van der Waals surface area contributed by atoms with E-state index in [-0.39, 0.29) is 5.78 Å². The Labute approximate surface area is 146 Å². The third-order valence-electron chi connectivity index (χ3n) is 4.68. The van der Waals surface area contributed by atoms with Crippen LogP contribution in [-0.4, -0.2) is 17.9 Å². The molecule has 0 unspecified atom stereocenters. The molecule has 4 rings (SSSR count). The smallest absolute Gasteiger partial charge is 0.166 e. The van der Waals surface area contributed by atoms with Crippen molar-refractivity contribution in [3.8, 4) is 5.75 Å². The Bertz CT molecular complexity index is 936. The summed E-state index contributed by atoms with van der Waals surface area (Å²) in [4.78, 5) is 17.3. The lowest BCUT2D eigenvalue weighted by atomic mass is 9.91. The molecule has 126 valence electrons. The molecule has 0 bridgehead atoms. The van der Waals surface area contributed by atoms with Crippen molar-refractivity contribution in [2.75, 3.05) is 12.4 Å². The Balaban J connectivity index is 1.85. The van der Waals surface area contributed by atoms with Crippen molar-refractivity contribution in [2.45, 2.75) is 25.8 Å². The summed E-state index contributed by atoms with van der Waals surface area (Å²) < 4.78 is 5.37.